The second-order valence-corrected chi connectivity index (χ2v) is 6.11. The molecule has 2 aromatic carbocycles. The quantitative estimate of drug-likeness (QED) is 0.624. The van der Waals surface area contributed by atoms with Crippen LogP contribution in [0.25, 0.3) is 0 Å². The number of rotatable bonds is 6. The molecule has 0 spiro atoms. The van der Waals surface area contributed by atoms with E-state index in [0.717, 1.165) is 4.90 Å². The van der Waals surface area contributed by atoms with Crippen LogP contribution >= 0.6 is 23.4 Å². The van der Waals surface area contributed by atoms with Crippen molar-refractivity contribution in [2.75, 3.05) is 6.26 Å². The summed E-state index contributed by atoms with van der Waals surface area (Å²) < 4.78 is 0. The molecule has 1 unspecified atom stereocenters. The summed E-state index contributed by atoms with van der Waals surface area (Å²) in [4.78, 5) is 24.8. The number of thioether (sulfide) groups is 1. The molecular weight excluding hydrogens is 320 g/mol. The lowest BCUT2D eigenvalue weighted by molar-refractivity contribution is -0.138. The molecule has 22 heavy (non-hydrogen) atoms. The van der Waals surface area contributed by atoms with Crippen LogP contribution in [-0.2, 0) is 4.79 Å². The maximum atomic E-state index is 12.3. The van der Waals surface area contributed by atoms with Crippen molar-refractivity contribution in [3.05, 3.63) is 64.7 Å². The van der Waals surface area contributed by atoms with E-state index < -0.39 is 11.9 Å². The van der Waals surface area contributed by atoms with E-state index in [-0.39, 0.29) is 12.2 Å². The van der Waals surface area contributed by atoms with Crippen LogP contribution in [0.15, 0.2) is 53.4 Å². The van der Waals surface area contributed by atoms with Gasteiger partial charge < -0.3 is 5.11 Å². The van der Waals surface area contributed by atoms with E-state index in [9.17, 15) is 14.7 Å². The van der Waals surface area contributed by atoms with E-state index in [4.69, 9.17) is 11.6 Å². The van der Waals surface area contributed by atoms with E-state index in [0.29, 0.717) is 16.1 Å². The fourth-order valence-corrected chi connectivity index (χ4v) is 2.66. The number of carbonyl (C=O) groups is 2. The molecule has 114 valence electrons. The summed E-state index contributed by atoms with van der Waals surface area (Å²) >= 11 is 7.40. The lowest BCUT2D eigenvalue weighted by atomic mass is 9.92. The van der Waals surface area contributed by atoms with Gasteiger partial charge in [0.05, 0.1) is 5.92 Å². The van der Waals surface area contributed by atoms with Crippen LogP contribution in [-0.4, -0.2) is 23.1 Å². The molecule has 0 aliphatic carbocycles. The Labute approximate surface area is 138 Å². The lowest BCUT2D eigenvalue weighted by Crippen LogP contribution is -2.16. The SMILES string of the molecule is CSc1ccc(C(=O)CC(C(=O)O)c2ccc(Cl)cc2)cc1. The van der Waals surface area contributed by atoms with Crippen LogP contribution in [0.2, 0.25) is 5.02 Å². The molecule has 0 saturated carbocycles. The van der Waals surface area contributed by atoms with Crippen molar-refractivity contribution in [2.24, 2.45) is 0 Å². The molecule has 0 aliphatic heterocycles. The van der Waals surface area contributed by atoms with Gasteiger partial charge in [0, 0.05) is 21.9 Å². The molecule has 0 saturated heterocycles. The number of Topliss-reactive ketones (excluding diaryl/α,β-unsaturated/α-hetero) is 1. The summed E-state index contributed by atoms with van der Waals surface area (Å²) in [5.74, 6) is -2.07. The second kappa shape index (κ2) is 7.47. The van der Waals surface area contributed by atoms with Gasteiger partial charge in [-0.15, -0.1) is 11.8 Å². The highest BCUT2D eigenvalue weighted by Gasteiger charge is 2.23. The Bertz CT molecular complexity index is 665. The molecule has 0 aliphatic rings. The standard InChI is InChI=1S/C17H15ClO3S/c1-22-14-8-4-12(5-9-14)16(19)10-15(17(20)21)11-2-6-13(18)7-3-11/h2-9,15H,10H2,1H3,(H,20,21). The first-order valence-electron chi connectivity index (χ1n) is 6.67. The Morgan fingerprint density at radius 3 is 2.18 bits per heavy atom. The summed E-state index contributed by atoms with van der Waals surface area (Å²) in [7, 11) is 0. The molecule has 0 fully saturated rings. The van der Waals surface area contributed by atoms with Crippen LogP contribution < -0.4 is 0 Å². The Kier molecular flexibility index (Phi) is 5.63. The Morgan fingerprint density at radius 1 is 1.09 bits per heavy atom. The van der Waals surface area contributed by atoms with Gasteiger partial charge in [-0.2, -0.15) is 0 Å². The van der Waals surface area contributed by atoms with Crippen LogP contribution in [0.4, 0.5) is 0 Å². The highest BCUT2D eigenvalue weighted by atomic mass is 35.5. The predicted octanol–water partition coefficient (Wildman–Crippen LogP) is 4.50. The molecule has 1 N–H and O–H groups in total. The summed E-state index contributed by atoms with van der Waals surface area (Å²) in [5, 5.41) is 9.92. The Hall–Kier alpha value is -1.78. The summed E-state index contributed by atoms with van der Waals surface area (Å²) in [5.41, 5.74) is 1.10. The fraction of sp³-hybridized carbons (Fsp3) is 0.176. The zero-order valence-corrected chi connectivity index (χ0v) is 13.5. The zero-order chi connectivity index (χ0) is 16.1. The number of ketones is 1. The Morgan fingerprint density at radius 2 is 1.68 bits per heavy atom. The van der Waals surface area contributed by atoms with E-state index >= 15 is 0 Å². The zero-order valence-electron chi connectivity index (χ0n) is 12.0. The van der Waals surface area contributed by atoms with Crippen molar-refractivity contribution in [2.45, 2.75) is 17.2 Å². The van der Waals surface area contributed by atoms with Crippen LogP contribution in [0.3, 0.4) is 0 Å². The van der Waals surface area contributed by atoms with Gasteiger partial charge >= 0.3 is 5.97 Å². The van der Waals surface area contributed by atoms with Crippen molar-refractivity contribution in [3.8, 4) is 0 Å². The number of carboxylic acids is 1. The highest BCUT2D eigenvalue weighted by Crippen LogP contribution is 2.24. The number of benzene rings is 2. The maximum Gasteiger partial charge on any atom is 0.311 e. The normalized spacial score (nSPS) is 11.9. The van der Waals surface area contributed by atoms with Crippen molar-refractivity contribution < 1.29 is 14.7 Å². The minimum Gasteiger partial charge on any atom is -0.481 e. The lowest BCUT2D eigenvalue weighted by Gasteiger charge is -2.12. The molecular formula is C17H15ClO3S. The fourth-order valence-electron chi connectivity index (χ4n) is 2.12. The van der Waals surface area contributed by atoms with Crippen LogP contribution in [0.1, 0.15) is 28.3 Å². The van der Waals surface area contributed by atoms with Gasteiger partial charge in [0.2, 0.25) is 0 Å². The molecule has 0 amide bonds. The molecule has 0 heterocycles. The molecule has 3 nitrogen and oxygen atoms in total. The third-order valence-corrected chi connectivity index (χ3v) is 4.37. The Balaban J connectivity index is 2.18. The summed E-state index contributed by atoms with van der Waals surface area (Å²) in [6.45, 7) is 0. The molecule has 0 radical (unpaired) electrons. The average molecular weight is 335 g/mol. The van der Waals surface area contributed by atoms with Gasteiger partial charge in [0.25, 0.3) is 0 Å². The first-order chi connectivity index (χ1) is 10.5. The smallest absolute Gasteiger partial charge is 0.311 e. The number of hydrogen-bond donors (Lipinski definition) is 1. The molecule has 0 bridgehead atoms. The second-order valence-electron chi connectivity index (χ2n) is 4.80. The third kappa shape index (κ3) is 4.12. The van der Waals surface area contributed by atoms with Gasteiger partial charge in [-0.25, -0.2) is 0 Å². The summed E-state index contributed by atoms with van der Waals surface area (Å²) in [6.07, 6.45) is 1.88. The number of carboxylic acid groups (broad SMARTS) is 1. The molecule has 2 rings (SSSR count). The molecule has 0 aromatic heterocycles. The first kappa shape index (κ1) is 16.6. The average Bonchev–Trinajstić information content (AvgIpc) is 2.53. The monoisotopic (exact) mass is 334 g/mol. The van der Waals surface area contributed by atoms with Crippen molar-refractivity contribution >= 4 is 35.1 Å². The first-order valence-corrected chi connectivity index (χ1v) is 8.27. The van der Waals surface area contributed by atoms with Gasteiger partial charge in [-0.3, -0.25) is 9.59 Å². The maximum absolute atomic E-state index is 12.3. The third-order valence-electron chi connectivity index (χ3n) is 3.37. The van der Waals surface area contributed by atoms with Crippen molar-refractivity contribution in [3.63, 3.8) is 0 Å². The van der Waals surface area contributed by atoms with Gasteiger partial charge in [-0.1, -0.05) is 35.9 Å². The molecule has 2 aromatic rings. The van der Waals surface area contributed by atoms with Crippen LogP contribution in [0.5, 0.6) is 0 Å². The number of hydrogen-bond acceptors (Lipinski definition) is 3. The van der Waals surface area contributed by atoms with Gasteiger partial charge in [0.1, 0.15) is 0 Å². The largest absolute Gasteiger partial charge is 0.481 e. The topological polar surface area (TPSA) is 54.4 Å². The van der Waals surface area contributed by atoms with E-state index in [2.05, 4.69) is 0 Å². The van der Waals surface area contributed by atoms with Crippen molar-refractivity contribution in [1.29, 1.82) is 0 Å². The number of aliphatic carboxylic acids is 1. The van der Waals surface area contributed by atoms with Gasteiger partial charge in [-0.05, 0) is 36.1 Å². The highest BCUT2D eigenvalue weighted by molar-refractivity contribution is 7.98. The minimum atomic E-state index is -1.02. The number of halogens is 1. The minimum absolute atomic E-state index is 0.0738. The van der Waals surface area contributed by atoms with E-state index in [1.165, 1.54) is 0 Å². The van der Waals surface area contributed by atoms with Crippen LogP contribution in [0, 0.1) is 0 Å². The molecule has 5 heteroatoms. The summed E-state index contributed by atoms with van der Waals surface area (Å²) in [6, 6.07) is 13.7. The number of carbonyl (C=O) groups excluding carboxylic acids is 1. The van der Waals surface area contributed by atoms with Crippen molar-refractivity contribution in [1.82, 2.24) is 0 Å². The van der Waals surface area contributed by atoms with E-state index in [1.54, 1.807) is 48.2 Å². The molecule has 1 atom stereocenters. The van der Waals surface area contributed by atoms with E-state index in [1.807, 2.05) is 18.4 Å². The van der Waals surface area contributed by atoms with Gasteiger partial charge in [0.15, 0.2) is 5.78 Å². The predicted molar refractivity (Wildman–Crippen MR) is 89.0 cm³/mol.